The number of carbonyl (C=O) groups is 3. The van der Waals surface area contributed by atoms with Gasteiger partial charge in [0, 0.05) is 19.3 Å². The van der Waals surface area contributed by atoms with Crippen molar-refractivity contribution >= 4 is 17.9 Å². The van der Waals surface area contributed by atoms with Crippen LogP contribution in [0.2, 0.25) is 0 Å². The molecule has 6 nitrogen and oxygen atoms in total. The monoisotopic (exact) mass is 933 g/mol. The van der Waals surface area contributed by atoms with Gasteiger partial charge < -0.3 is 14.2 Å². The summed E-state index contributed by atoms with van der Waals surface area (Å²) in [6.45, 7) is 6.68. The molecule has 0 aliphatic rings. The Bertz CT molecular complexity index is 982. The van der Waals surface area contributed by atoms with Crippen LogP contribution in [0.25, 0.3) is 0 Å². The van der Waals surface area contributed by atoms with E-state index >= 15 is 0 Å². The third-order valence-electron chi connectivity index (χ3n) is 13.9. The summed E-state index contributed by atoms with van der Waals surface area (Å²) in [6.07, 6.45) is 62.6. The van der Waals surface area contributed by atoms with Gasteiger partial charge in [0.15, 0.2) is 6.10 Å². The van der Waals surface area contributed by atoms with E-state index in [1.165, 1.54) is 250 Å². The van der Waals surface area contributed by atoms with E-state index in [-0.39, 0.29) is 31.1 Å². The van der Waals surface area contributed by atoms with Crippen LogP contribution in [0.4, 0.5) is 0 Å². The summed E-state index contributed by atoms with van der Waals surface area (Å²) >= 11 is 0. The Labute approximate surface area is 412 Å². The van der Waals surface area contributed by atoms with Crippen LogP contribution in [-0.4, -0.2) is 37.2 Å². The average Bonchev–Trinajstić information content (AvgIpc) is 3.31. The molecule has 0 aromatic rings. The molecule has 0 aliphatic carbocycles. The number of hydrogen-bond donors (Lipinski definition) is 0. The predicted octanol–water partition coefficient (Wildman–Crippen LogP) is 19.9. The van der Waals surface area contributed by atoms with Crippen LogP contribution in [-0.2, 0) is 28.6 Å². The van der Waals surface area contributed by atoms with Crippen LogP contribution in [0.5, 0.6) is 0 Å². The molecule has 6 heteroatoms. The Morgan fingerprint density at radius 1 is 0.242 bits per heavy atom. The molecular formula is C60H116O6. The van der Waals surface area contributed by atoms with Crippen molar-refractivity contribution in [2.24, 2.45) is 0 Å². The molecule has 66 heavy (non-hydrogen) atoms. The average molecular weight is 934 g/mol. The van der Waals surface area contributed by atoms with Crippen LogP contribution in [0, 0.1) is 0 Å². The number of esters is 3. The second-order valence-corrected chi connectivity index (χ2v) is 20.6. The zero-order valence-electron chi connectivity index (χ0n) is 45.0. The normalized spacial score (nSPS) is 11.9. The third kappa shape index (κ3) is 53.4. The maximum atomic E-state index is 12.8. The molecule has 0 radical (unpaired) electrons. The van der Waals surface area contributed by atoms with Gasteiger partial charge in [0.25, 0.3) is 0 Å². The van der Waals surface area contributed by atoms with Crippen LogP contribution < -0.4 is 0 Å². The highest BCUT2D eigenvalue weighted by atomic mass is 16.6. The molecular weight excluding hydrogens is 817 g/mol. The van der Waals surface area contributed by atoms with Gasteiger partial charge in [-0.05, 0) is 19.3 Å². The molecule has 0 saturated heterocycles. The van der Waals surface area contributed by atoms with Crippen molar-refractivity contribution in [3.8, 4) is 0 Å². The van der Waals surface area contributed by atoms with E-state index in [9.17, 15) is 14.4 Å². The lowest BCUT2D eigenvalue weighted by atomic mass is 10.0. The molecule has 1 unspecified atom stereocenters. The summed E-state index contributed by atoms with van der Waals surface area (Å²) in [7, 11) is 0. The van der Waals surface area contributed by atoms with Gasteiger partial charge in [-0.3, -0.25) is 14.4 Å². The Balaban J connectivity index is 4.11. The minimum Gasteiger partial charge on any atom is -0.462 e. The van der Waals surface area contributed by atoms with E-state index in [2.05, 4.69) is 20.8 Å². The van der Waals surface area contributed by atoms with Gasteiger partial charge in [-0.25, -0.2) is 0 Å². The number of hydrogen-bond acceptors (Lipinski definition) is 6. The SMILES string of the molecule is CCCCCCCCCCCCCCCCCCCCCCCCCC(=O)OCC(COC(=O)CCCCCCCCCC)OC(=O)CCCCCCCCCCCCCCCCCCC. The van der Waals surface area contributed by atoms with Gasteiger partial charge in [0.2, 0.25) is 0 Å². The smallest absolute Gasteiger partial charge is 0.306 e. The van der Waals surface area contributed by atoms with Crippen molar-refractivity contribution in [3.05, 3.63) is 0 Å². The van der Waals surface area contributed by atoms with Gasteiger partial charge >= 0.3 is 17.9 Å². The third-order valence-corrected chi connectivity index (χ3v) is 13.9. The minimum absolute atomic E-state index is 0.0615. The second-order valence-electron chi connectivity index (χ2n) is 20.6. The van der Waals surface area contributed by atoms with E-state index in [1.54, 1.807) is 0 Å². The number of carbonyl (C=O) groups excluding carboxylic acids is 3. The predicted molar refractivity (Wildman–Crippen MR) is 284 cm³/mol. The van der Waals surface area contributed by atoms with E-state index in [1.807, 2.05) is 0 Å². The lowest BCUT2D eigenvalue weighted by molar-refractivity contribution is -0.167. The van der Waals surface area contributed by atoms with Crippen molar-refractivity contribution in [2.75, 3.05) is 13.2 Å². The lowest BCUT2D eigenvalue weighted by Gasteiger charge is -2.18. The summed E-state index contributed by atoms with van der Waals surface area (Å²) in [6, 6.07) is 0. The highest BCUT2D eigenvalue weighted by Crippen LogP contribution is 2.18. The first kappa shape index (κ1) is 64.4. The second kappa shape index (κ2) is 56.0. The van der Waals surface area contributed by atoms with Crippen LogP contribution in [0.15, 0.2) is 0 Å². The van der Waals surface area contributed by atoms with Crippen molar-refractivity contribution in [3.63, 3.8) is 0 Å². The highest BCUT2D eigenvalue weighted by molar-refractivity contribution is 5.71. The maximum Gasteiger partial charge on any atom is 0.306 e. The fourth-order valence-corrected chi connectivity index (χ4v) is 9.33. The molecule has 0 heterocycles. The Kier molecular flexibility index (Phi) is 54.7. The molecule has 1 atom stereocenters. The van der Waals surface area contributed by atoms with Crippen LogP contribution >= 0.6 is 0 Å². The molecule has 0 rings (SSSR count). The molecule has 0 spiro atoms. The van der Waals surface area contributed by atoms with E-state index in [0.29, 0.717) is 19.3 Å². The van der Waals surface area contributed by atoms with E-state index in [0.717, 1.165) is 57.8 Å². The Morgan fingerprint density at radius 2 is 0.409 bits per heavy atom. The first-order chi connectivity index (χ1) is 32.5. The quantitative estimate of drug-likeness (QED) is 0.0343. The number of ether oxygens (including phenoxy) is 3. The van der Waals surface area contributed by atoms with Gasteiger partial charge in [-0.15, -0.1) is 0 Å². The van der Waals surface area contributed by atoms with Crippen molar-refractivity contribution < 1.29 is 28.6 Å². The van der Waals surface area contributed by atoms with Gasteiger partial charge in [-0.1, -0.05) is 310 Å². The summed E-state index contributed by atoms with van der Waals surface area (Å²) in [4.78, 5) is 38.0. The molecule has 0 aromatic carbocycles. The summed E-state index contributed by atoms with van der Waals surface area (Å²) in [5, 5.41) is 0. The minimum atomic E-state index is -0.760. The van der Waals surface area contributed by atoms with E-state index < -0.39 is 6.10 Å². The molecule has 0 saturated carbocycles. The number of unbranched alkanes of at least 4 members (excludes halogenated alkanes) is 45. The van der Waals surface area contributed by atoms with Crippen molar-refractivity contribution in [2.45, 2.75) is 354 Å². The molecule has 0 fully saturated rings. The lowest BCUT2D eigenvalue weighted by Crippen LogP contribution is -2.30. The van der Waals surface area contributed by atoms with E-state index in [4.69, 9.17) is 14.2 Å². The zero-order chi connectivity index (χ0) is 47.9. The molecule has 0 aromatic heterocycles. The first-order valence-electron chi connectivity index (χ1n) is 30.0. The van der Waals surface area contributed by atoms with Gasteiger partial charge in [0.1, 0.15) is 13.2 Å². The zero-order valence-corrected chi connectivity index (χ0v) is 45.0. The Hall–Kier alpha value is -1.59. The molecule has 0 N–H and O–H groups in total. The highest BCUT2D eigenvalue weighted by Gasteiger charge is 2.19. The topological polar surface area (TPSA) is 78.9 Å². The molecule has 0 aliphatic heterocycles. The Morgan fingerprint density at radius 3 is 0.606 bits per heavy atom. The fraction of sp³-hybridized carbons (Fsp3) is 0.950. The van der Waals surface area contributed by atoms with Crippen molar-refractivity contribution in [1.29, 1.82) is 0 Å². The molecule has 0 amide bonds. The van der Waals surface area contributed by atoms with Crippen molar-refractivity contribution in [1.82, 2.24) is 0 Å². The largest absolute Gasteiger partial charge is 0.462 e. The first-order valence-corrected chi connectivity index (χ1v) is 30.0. The standard InChI is InChI=1S/C60H116O6/c1-4-7-10-13-16-19-21-23-25-27-28-29-30-31-32-34-35-37-39-41-44-47-50-53-59(62)65-56-57(55-64-58(61)52-49-46-43-18-15-12-9-6-3)66-60(63)54-51-48-45-42-40-38-36-33-26-24-22-20-17-14-11-8-5-2/h57H,4-56H2,1-3H3. The maximum absolute atomic E-state index is 12.8. The van der Waals surface area contributed by atoms with Gasteiger partial charge in [0.05, 0.1) is 0 Å². The summed E-state index contributed by atoms with van der Waals surface area (Å²) < 4.78 is 16.8. The van der Waals surface area contributed by atoms with Crippen LogP contribution in [0.3, 0.4) is 0 Å². The molecule has 0 bridgehead atoms. The summed E-state index contributed by atoms with van der Waals surface area (Å²) in [5.74, 6) is -0.838. The number of rotatable bonds is 56. The molecule has 392 valence electrons. The van der Waals surface area contributed by atoms with Gasteiger partial charge in [-0.2, -0.15) is 0 Å². The summed E-state index contributed by atoms with van der Waals surface area (Å²) in [5.41, 5.74) is 0. The van der Waals surface area contributed by atoms with Crippen LogP contribution in [0.1, 0.15) is 348 Å². The fourth-order valence-electron chi connectivity index (χ4n) is 9.33.